The van der Waals surface area contributed by atoms with Crippen molar-refractivity contribution in [3.8, 4) is 5.75 Å². The van der Waals surface area contributed by atoms with Crippen LogP contribution in [0.2, 0.25) is 0 Å². The van der Waals surface area contributed by atoms with Gasteiger partial charge in [0, 0.05) is 0 Å². The van der Waals surface area contributed by atoms with Gasteiger partial charge in [-0.3, -0.25) is 14.4 Å². The standard InChI is InChI=1S/C25H21FN2O4/c1-25-21(16-8-14-20(31-2)15-9-16)28(19-6-4-3-5-7-19)32-22(25)23(29)27(24(25)30)18-12-10-17(26)11-13-18/h3-15,21-22H,1-2H3/t21-,22-,25+/m1/s1. The van der Waals surface area contributed by atoms with Crippen LogP contribution < -0.4 is 14.7 Å². The van der Waals surface area contributed by atoms with Gasteiger partial charge in [-0.25, -0.2) is 14.4 Å². The number of hydrogen-bond acceptors (Lipinski definition) is 5. The summed E-state index contributed by atoms with van der Waals surface area (Å²) in [5.41, 5.74) is 0.663. The maximum absolute atomic E-state index is 13.8. The number of anilines is 2. The van der Waals surface area contributed by atoms with Crippen LogP contribution in [0.1, 0.15) is 18.5 Å². The van der Waals surface area contributed by atoms with E-state index in [2.05, 4.69) is 0 Å². The van der Waals surface area contributed by atoms with E-state index in [-0.39, 0.29) is 0 Å². The fraction of sp³-hybridized carbons (Fsp3) is 0.200. The van der Waals surface area contributed by atoms with Gasteiger partial charge in [0.05, 0.1) is 24.5 Å². The second kappa shape index (κ2) is 7.46. The van der Waals surface area contributed by atoms with Crippen molar-refractivity contribution in [1.82, 2.24) is 0 Å². The quantitative estimate of drug-likeness (QED) is 0.576. The van der Waals surface area contributed by atoms with Gasteiger partial charge < -0.3 is 4.74 Å². The van der Waals surface area contributed by atoms with Crippen LogP contribution in [0, 0.1) is 11.2 Å². The number of para-hydroxylation sites is 1. The van der Waals surface area contributed by atoms with Crippen molar-refractivity contribution in [2.75, 3.05) is 17.1 Å². The van der Waals surface area contributed by atoms with Crippen LogP contribution in [0.15, 0.2) is 78.9 Å². The van der Waals surface area contributed by atoms with Crippen LogP contribution in [-0.2, 0) is 14.4 Å². The lowest BCUT2D eigenvalue weighted by Crippen LogP contribution is -2.41. The minimum absolute atomic E-state index is 0.320. The predicted octanol–water partition coefficient (Wildman–Crippen LogP) is 4.28. The lowest BCUT2D eigenvalue weighted by Gasteiger charge is -2.32. The zero-order valence-corrected chi connectivity index (χ0v) is 17.6. The van der Waals surface area contributed by atoms with Crippen molar-refractivity contribution in [3.05, 3.63) is 90.2 Å². The van der Waals surface area contributed by atoms with Gasteiger partial charge in [-0.1, -0.05) is 30.3 Å². The molecule has 2 aliphatic rings. The van der Waals surface area contributed by atoms with E-state index < -0.39 is 35.2 Å². The number of methoxy groups -OCH3 is 1. The third-order valence-corrected chi connectivity index (χ3v) is 6.20. The van der Waals surface area contributed by atoms with Gasteiger partial charge in [-0.2, -0.15) is 0 Å². The summed E-state index contributed by atoms with van der Waals surface area (Å²) in [5, 5.41) is 1.64. The molecule has 0 spiro atoms. The molecule has 7 heteroatoms. The summed E-state index contributed by atoms with van der Waals surface area (Å²) in [7, 11) is 1.58. The monoisotopic (exact) mass is 432 g/mol. The Kier molecular flexibility index (Phi) is 4.71. The highest BCUT2D eigenvalue weighted by Gasteiger charge is 2.68. The van der Waals surface area contributed by atoms with Gasteiger partial charge in [0.1, 0.15) is 17.0 Å². The van der Waals surface area contributed by atoms with Gasteiger partial charge >= 0.3 is 0 Å². The van der Waals surface area contributed by atoms with E-state index in [9.17, 15) is 14.0 Å². The van der Waals surface area contributed by atoms with E-state index in [0.717, 1.165) is 16.2 Å². The van der Waals surface area contributed by atoms with Crippen molar-refractivity contribution >= 4 is 23.2 Å². The third-order valence-electron chi connectivity index (χ3n) is 6.20. The maximum Gasteiger partial charge on any atom is 0.266 e. The Labute approximate surface area is 184 Å². The molecule has 3 atom stereocenters. The number of amides is 2. The summed E-state index contributed by atoms with van der Waals surface area (Å²) in [4.78, 5) is 34.4. The summed E-state index contributed by atoms with van der Waals surface area (Å²) in [6.45, 7) is 1.75. The first kappa shape index (κ1) is 20.2. The number of halogens is 1. The Hall–Kier alpha value is -3.71. The normalized spacial score (nSPS) is 24.7. The number of carbonyl (C=O) groups is 2. The Morgan fingerprint density at radius 1 is 0.906 bits per heavy atom. The number of benzene rings is 3. The lowest BCUT2D eigenvalue weighted by molar-refractivity contribution is -0.128. The summed E-state index contributed by atoms with van der Waals surface area (Å²) >= 11 is 0. The molecule has 0 aromatic heterocycles. The average molecular weight is 432 g/mol. The molecule has 2 saturated heterocycles. The molecular formula is C25H21FN2O4. The zero-order chi connectivity index (χ0) is 22.5. The van der Waals surface area contributed by atoms with E-state index in [1.807, 2.05) is 54.6 Å². The molecule has 6 nitrogen and oxygen atoms in total. The minimum atomic E-state index is -1.20. The number of imide groups is 1. The molecule has 5 rings (SSSR count). The van der Waals surface area contributed by atoms with Gasteiger partial charge in [0.25, 0.3) is 5.91 Å². The van der Waals surface area contributed by atoms with Crippen molar-refractivity contribution in [1.29, 1.82) is 0 Å². The van der Waals surface area contributed by atoms with Crippen LogP contribution in [0.4, 0.5) is 15.8 Å². The van der Waals surface area contributed by atoms with Crippen molar-refractivity contribution in [3.63, 3.8) is 0 Å². The first-order valence-electron chi connectivity index (χ1n) is 10.2. The Morgan fingerprint density at radius 2 is 1.56 bits per heavy atom. The fourth-order valence-electron chi connectivity index (χ4n) is 4.55. The van der Waals surface area contributed by atoms with Crippen molar-refractivity contribution < 1.29 is 23.6 Å². The Morgan fingerprint density at radius 3 is 2.19 bits per heavy atom. The van der Waals surface area contributed by atoms with Crippen LogP contribution in [0.5, 0.6) is 5.75 Å². The van der Waals surface area contributed by atoms with E-state index in [1.165, 1.54) is 24.3 Å². The topological polar surface area (TPSA) is 59.1 Å². The molecule has 32 heavy (non-hydrogen) atoms. The lowest BCUT2D eigenvalue weighted by atomic mass is 9.76. The molecule has 0 N–H and O–H groups in total. The highest BCUT2D eigenvalue weighted by molar-refractivity contribution is 6.25. The molecule has 2 heterocycles. The van der Waals surface area contributed by atoms with Crippen LogP contribution in [-0.4, -0.2) is 25.0 Å². The van der Waals surface area contributed by atoms with Crippen molar-refractivity contribution in [2.24, 2.45) is 5.41 Å². The van der Waals surface area contributed by atoms with Gasteiger partial charge in [0.15, 0.2) is 6.10 Å². The predicted molar refractivity (Wildman–Crippen MR) is 117 cm³/mol. The number of rotatable bonds is 4. The summed E-state index contributed by atoms with van der Waals surface area (Å²) < 4.78 is 18.7. The molecule has 0 bridgehead atoms. The van der Waals surface area contributed by atoms with E-state index >= 15 is 0 Å². The van der Waals surface area contributed by atoms with Gasteiger partial charge in [-0.15, -0.1) is 0 Å². The Balaban J connectivity index is 1.62. The molecule has 3 aromatic rings. The smallest absolute Gasteiger partial charge is 0.266 e. The van der Waals surface area contributed by atoms with Crippen LogP contribution in [0.25, 0.3) is 0 Å². The number of ether oxygens (including phenoxy) is 1. The Bertz CT molecular complexity index is 1170. The number of hydrogen-bond donors (Lipinski definition) is 0. The van der Waals surface area contributed by atoms with Crippen LogP contribution in [0.3, 0.4) is 0 Å². The van der Waals surface area contributed by atoms with Crippen molar-refractivity contribution in [2.45, 2.75) is 19.1 Å². The van der Waals surface area contributed by atoms with E-state index in [1.54, 1.807) is 19.1 Å². The summed E-state index contributed by atoms with van der Waals surface area (Å²) in [6.07, 6.45) is -1.02. The molecule has 0 saturated carbocycles. The molecule has 0 unspecified atom stereocenters. The number of carbonyl (C=O) groups excluding carboxylic acids is 2. The van der Waals surface area contributed by atoms with Gasteiger partial charge in [-0.05, 0) is 61.0 Å². The van der Waals surface area contributed by atoms with Gasteiger partial charge in [0.2, 0.25) is 5.91 Å². The zero-order valence-electron chi connectivity index (χ0n) is 17.6. The third kappa shape index (κ3) is 2.89. The summed E-state index contributed by atoms with van der Waals surface area (Å²) in [6, 6.07) is 21.5. The molecule has 2 fully saturated rings. The molecule has 0 aliphatic carbocycles. The first-order valence-corrected chi connectivity index (χ1v) is 10.2. The molecular weight excluding hydrogens is 411 g/mol. The van der Waals surface area contributed by atoms with Crippen LogP contribution >= 0.6 is 0 Å². The maximum atomic E-state index is 13.8. The second-order valence-corrected chi connectivity index (χ2v) is 8.06. The SMILES string of the molecule is COc1ccc([C@H]2N(c3ccccc3)O[C@@H]3C(=O)N(c4ccc(F)cc4)C(=O)[C@]32C)cc1. The molecule has 2 aliphatic heterocycles. The summed E-state index contributed by atoms with van der Waals surface area (Å²) in [5.74, 6) is -0.622. The largest absolute Gasteiger partial charge is 0.497 e. The second-order valence-electron chi connectivity index (χ2n) is 8.06. The van der Waals surface area contributed by atoms with E-state index in [0.29, 0.717) is 11.4 Å². The minimum Gasteiger partial charge on any atom is -0.497 e. The first-order chi connectivity index (χ1) is 15.4. The number of nitrogens with zero attached hydrogens (tertiary/aromatic N) is 2. The highest BCUT2D eigenvalue weighted by atomic mass is 19.1. The average Bonchev–Trinajstić information content (AvgIpc) is 3.23. The highest BCUT2D eigenvalue weighted by Crippen LogP contribution is 2.55. The molecule has 0 radical (unpaired) electrons. The number of fused-ring (bicyclic) bond motifs is 1. The molecule has 2 amide bonds. The fourth-order valence-corrected chi connectivity index (χ4v) is 4.55. The molecule has 3 aromatic carbocycles. The molecule has 162 valence electrons. The van der Waals surface area contributed by atoms with E-state index in [4.69, 9.17) is 9.57 Å². The number of hydroxylamine groups is 1.